The molecule has 0 saturated heterocycles. The lowest BCUT2D eigenvalue weighted by molar-refractivity contribution is -0.121. The second-order valence-electron chi connectivity index (χ2n) is 4.73. The van der Waals surface area contributed by atoms with Crippen molar-refractivity contribution in [3.63, 3.8) is 0 Å². The van der Waals surface area contributed by atoms with Crippen molar-refractivity contribution in [1.29, 1.82) is 0 Å². The van der Waals surface area contributed by atoms with E-state index in [-0.39, 0.29) is 11.4 Å². The molecule has 0 fully saturated rings. The average molecular weight is 246 g/mol. The van der Waals surface area contributed by atoms with E-state index in [0.717, 1.165) is 18.6 Å². The van der Waals surface area contributed by atoms with E-state index >= 15 is 0 Å². The maximum atomic E-state index is 11.7. The van der Waals surface area contributed by atoms with E-state index in [1.807, 2.05) is 25.6 Å². The minimum atomic E-state index is -0.0972. The second kappa shape index (κ2) is 7.96. The van der Waals surface area contributed by atoms with Gasteiger partial charge < -0.3 is 10.6 Å². The number of hydrogen-bond donors (Lipinski definition) is 2. The van der Waals surface area contributed by atoms with Gasteiger partial charge in [0.2, 0.25) is 5.91 Å². The molecule has 1 atom stereocenters. The third-order valence-electron chi connectivity index (χ3n) is 2.77. The van der Waals surface area contributed by atoms with Crippen molar-refractivity contribution in [3.8, 4) is 0 Å². The molecule has 1 amide bonds. The first-order valence-electron chi connectivity index (χ1n) is 5.98. The van der Waals surface area contributed by atoms with E-state index in [9.17, 15) is 4.79 Å². The Morgan fingerprint density at radius 3 is 2.44 bits per heavy atom. The van der Waals surface area contributed by atoms with E-state index in [1.165, 1.54) is 0 Å². The molecule has 1 unspecified atom stereocenters. The molecule has 0 heterocycles. The molecule has 0 aromatic heterocycles. The van der Waals surface area contributed by atoms with Crippen molar-refractivity contribution in [1.82, 2.24) is 10.6 Å². The van der Waals surface area contributed by atoms with Crippen LogP contribution in [0.15, 0.2) is 0 Å². The maximum Gasteiger partial charge on any atom is 0.234 e. The molecule has 2 N–H and O–H groups in total. The Bertz CT molecular complexity index is 207. The summed E-state index contributed by atoms with van der Waals surface area (Å²) < 4.78 is 0. The van der Waals surface area contributed by atoms with Gasteiger partial charge in [-0.3, -0.25) is 4.79 Å². The normalized spacial score (nSPS) is 13.6. The molecular weight excluding hydrogens is 220 g/mol. The van der Waals surface area contributed by atoms with Gasteiger partial charge in [-0.05, 0) is 32.9 Å². The number of carbonyl (C=O) groups is 1. The highest BCUT2D eigenvalue weighted by Gasteiger charge is 2.17. The predicted molar refractivity (Wildman–Crippen MR) is 73.0 cm³/mol. The lowest BCUT2D eigenvalue weighted by atomic mass is 10.0. The van der Waals surface area contributed by atoms with Crippen molar-refractivity contribution in [2.24, 2.45) is 0 Å². The summed E-state index contributed by atoms with van der Waals surface area (Å²) in [5.74, 6) is 1.15. The summed E-state index contributed by atoms with van der Waals surface area (Å²) in [6, 6.07) is 0.436. The number of rotatable bonds is 8. The molecule has 0 aliphatic heterocycles. The molecule has 96 valence electrons. The Hall–Kier alpha value is -0.220. The molecule has 0 aliphatic carbocycles. The lowest BCUT2D eigenvalue weighted by Gasteiger charge is -2.25. The molecule has 16 heavy (non-hydrogen) atoms. The van der Waals surface area contributed by atoms with Gasteiger partial charge in [-0.25, -0.2) is 0 Å². The third-order valence-corrected chi connectivity index (χ3v) is 3.51. The van der Waals surface area contributed by atoms with Crippen LogP contribution in [0.25, 0.3) is 0 Å². The van der Waals surface area contributed by atoms with Crippen LogP contribution in [-0.2, 0) is 4.79 Å². The maximum absolute atomic E-state index is 11.7. The Morgan fingerprint density at radius 2 is 2.00 bits per heavy atom. The van der Waals surface area contributed by atoms with Gasteiger partial charge in [0.05, 0.1) is 6.54 Å². The van der Waals surface area contributed by atoms with Crippen molar-refractivity contribution >= 4 is 17.7 Å². The van der Waals surface area contributed by atoms with Crippen LogP contribution in [0, 0.1) is 0 Å². The Morgan fingerprint density at radius 1 is 1.38 bits per heavy atom. The SMILES string of the molecule is CCC(CSC)NCC(=O)NC(C)(C)CC. The van der Waals surface area contributed by atoms with Crippen LogP contribution >= 0.6 is 11.8 Å². The first-order valence-corrected chi connectivity index (χ1v) is 7.37. The van der Waals surface area contributed by atoms with E-state index in [0.29, 0.717) is 12.6 Å². The van der Waals surface area contributed by atoms with Gasteiger partial charge >= 0.3 is 0 Å². The monoisotopic (exact) mass is 246 g/mol. The zero-order valence-corrected chi connectivity index (χ0v) is 12.0. The average Bonchev–Trinajstić information content (AvgIpc) is 2.23. The molecule has 0 bridgehead atoms. The van der Waals surface area contributed by atoms with Crippen LogP contribution in [0.2, 0.25) is 0 Å². The predicted octanol–water partition coefficient (Wildman–Crippen LogP) is 2.02. The molecule has 0 saturated carbocycles. The standard InChI is InChI=1S/C12H26N2OS/c1-6-10(9-16-5)13-8-11(15)14-12(3,4)7-2/h10,13H,6-9H2,1-5H3,(H,14,15). The number of carbonyl (C=O) groups excluding carboxylic acids is 1. The molecule has 3 nitrogen and oxygen atoms in total. The summed E-state index contributed by atoms with van der Waals surface area (Å²) in [5.41, 5.74) is -0.0972. The zero-order valence-electron chi connectivity index (χ0n) is 11.2. The second-order valence-corrected chi connectivity index (χ2v) is 5.64. The minimum Gasteiger partial charge on any atom is -0.350 e. The number of hydrogen-bond acceptors (Lipinski definition) is 3. The summed E-state index contributed by atoms with van der Waals surface area (Å²) in [6.45, 7) is 8.73. The molecule has 0 radical (unpaired) electrons. The number of nitrogens with one attached hydrogen (secondary N) is 2. The van der Waals surface area contributed by atoms with Crippen LogP contribution in [0.3, 0.4) is 0 Å². The van der Waals surface area contributed by atoms with E-state index < -0.39 is 0 Å². The van der Waals surface area contributed by atoms with E-state index in [4.69, 9.17) is 0 Å². The molecule has 0 spiro atoms. The topological polar surface area (TPSA) is 41.1 Å². The fraction of sp³-hybridized carbons (Fsp3) is 0.917. The van der Waals surface area contributed by atoms with Gasteiger partial charge in [-0.1, -0.05) is 13.8 Å². The molecule has 0 rings (SSSR count). The highest BCUT2D eigenvalue weighted by molar-refractivity contribution is 7.98. The number of thioether (sulfide) groups is 1. The van der Waals surface area contributed by atoms with Gasteiger partial charge in [0.15, 0.2) is 0 Å². The lowest BCUT2D eigenvalue weighted by Crippen LogP contribution is -2.48. The summed E-state index contributed by atoms with van der Waals surface area (Å²) in [4.78, 5) is 11.7. The van der Waals surface area contributed by atoms with Crippen LogP contribution in [0.1, 0.15) is 40.5 Å². The van der Waals surface area contributed by atoms with Gasteiger partial charge in [0.1, 0.15) is 0 Å². The molecule has 0 aromatic rings. The highest BCUT2D eigenvalue weighted by atomic mass is 32.2. The van der Waals surface area contributed by atoms with Crippen LogP contribution in [0.5, 0.6) is 0 Å². The molecule has 4 heteroatoms. The van der Waals surface area contributed by atoms with Crippen LogP contribution in [0.4, 0.5) is 0 Å². The summed E-state index contributed by atoms with van der Waals surface area (Å²) in [6.07, 6.45) is 4.09. The van der Waals surface area contributed by atoms with Gasteiger partial charge in [0, 0.05) is 17.3 Å². The van der Waals surface area contributed by atoms with Crippen molar-refractivity contribution in [3.05, 3.63) is 0 Å². The quantitative estimate of drug-likeness (QED) is 0.688. The summed E-state index contributed by atoms with van der Waals surface area (Å²) in [5, 5.41) is 6.30. The fourth-order valence-corrected chi connectivity index (χ4v) is 2.03. The third kappa shape index (κ3) is 7.12. The Labute approximate surface area is 104 Å². The minimum absolute atomic E-state index is 0.0893. The molecular formula is C12H26N2OS. The largest absolute Gasteiger partial charge is 0.350 e. The number of amides is 1. The fourth-order valence-electron chi connectivity index (χ4n) is 1.27. The first-order chi connectivity index (χ1) is 7.45. The van der Waals surface area contributed by atoms with Crippen LogP contribution < -0.4 is 10.6 Å². The summed E-state index contributed by atoms with van der Waals surface area (Å²) >= 11 is 1.81. The Balaban J connectivity index is 3.88. The van der Waals surface area contributed by atoms with Gasteiger partial charge in [-0.2, -0.15) is 11.8 Å². The van der Waals surface area contributed by atoms with Crippen molar-refractivity contribution in [2.75, 3.05) is 18.6 Å². The van der Waals surface area contributed by atoms with Crippen molar-refractivity contribution in [2.45, 2.75) is 52.1 Å². The van der Waals surface area contributed by atoms with E-state index in [1.54, 1.807) is 0 Å². The first kappa shape index (κ1) is 15.8. The van der Waals surface area contributed by atoms with Crippen molar-refractivity contribution < 1.29 is 4.79 Å². The van der Waals surface area contributed by atoms with E-state index in [2.05, 4.69) is 30.7 Å². The van der Waals surface area contributed by atoms with Gasteiger partial charge in [-0.15, -0.1) is 0 Å². The molecule has 0 aromatic carbocycles. The van der Waals surface area contributed by atoms with Gasteiger partial charge in [0.25, 0.3) is 0 Å². The Kier molecular flexibility index (Phi) is 7.85. The smallest absolute Gasteiger partial charge is 0.234 e. The van der Waals surface area contributed by atoms with Crippen LogP contribution in [-0.4, -0.2) is 36.0 Å². The highest BCUT2D eigenvalue weighted by Crippen LogP contribution is 2.06. The summed E-state index contributed by atoms with van der Waals surface area (Å²) in [7, 11) is 0. The zero-order chi connectivity index (χ0) is 12.6. The molecule has 0 aliphatic rings.